The highest BCUT2D eigenvalue weighted by Crippen LogP contribution is 2.23. The summed E-state index contributed by atoms with van der Waals surface area (Å²) in [5, 5.41) is 10.2. The Balaban J connectivity index is 2.20. The Morgan fingerprint density at radius 2 is 2.10 bits per heavy atom. The van der Waals surface area contributed by atoms with E-state index in [-0.39, 0.29) is 12.2 Å². The zero-order valence-electron chi connectivity index (χ0n) is 13.6. The molecule has 1 aromatic rings. The van der Waals surface area contributed by atoms with E-state index in [0.29, 0.717) is 19.0 Å². The summed E-state index contributed by atoms with van der Waals surface area (Å²) in [5.74, 6) is 1.56. The van der Waals surface area contributed by atoms with E-state index in [1.54, 1.807) is 0 Å². The van der Waals surface area contributed by atoms with Crippen molar-refractivity contribution < 1.29 is 9.84 Å². The third kappa shape index (κ3) is 3.83. The summed E-state index contributed by atoms with van der Waals surface area (Å²) in [6, 6.07) is 2.00. The molecule has 0 amide bonds. The minimum Gasteiger partial charge on any atom is -0.388 e. The molecule has 0 aromatic carbocycles. The lowest BCUT2D eigenvalue weighted by Gasteiger charge is -2.21. The summed E-state index contributed by atoms with van der Waals surface area (Å²) >= 11 is 0. The maximum Gasteiger partial charge on any atom is 0.227 e. The van der Waals surface area contributed by atoms with Gasteiger partial charge in [0.1, 0.15) is 11.9 Å². The highest BCUT2D eigenvalue weighted by molar-refractivity contribution is 5.47. The first-order valence-corrected chi connectivity index (χ1v) is 7.54. The molecule has 21 heavy (non-hydrogen) atoms. The Bertz CT molecular complexity index is 479. The van der Waals surface area contributed by atoms with Crippen LogP contribution in [0.3, 0.4) is 0 Å². The quantitative estimate of drug-likeness (QED) is 0.877. The first-order valence-electron chi connectivity index (χ1n) is 7.54. The fourth-order valence-electron chi connectivity index (χ4n) is 2.44. The van der Waals surface area contributed by atoms with Gasteiger partial charge >= 0.3 is 0 Å². The average molecular weight is 294 g/mol. The molecule has 2 rings (SSSR count). The van der Waals surface area contributed by atoms with Crippen molar-refractivity contribution in [3.8, 4) is 0 Å². The molecule has 1 fully saturated rings. The van der Waals surface area contributed by atoms with Gasteiger partial charge in [-0.15, -0.1) is 0 Å². The number of nitrogens with zero attached hydrogens (tertiary/aromatic N) is 4. The molecule has 6 heteroatoms. The lowest BCUT2D eigenvalue weighted by Crippen LogP contribution is -2.29. The zero-order chi connectivity index (χ0) is 15.6. The fourth-order valence-corrected chi connectivity index (χ4v) is 2.44. The van der Waals surface area contributed by atoms with Gasteiger partial charge in [-0.25, -0.2) is 4.98 Å². The van der Waals surface area contributed by atoms with Crippen LogP contribution in [-0.2, 0) is 11.2 Å². The molecule has 1 N–H and O–H groups in total. The highest BCUT2D eigenvalue weighted by Gasteiger charge is 2.33. The summed E-state index contributed by atoms with van der Waals surface area (Å²) in [6.07, 6.45) is 0.334. The van der Waals surface area contributed by atoms with Gasteiger partial charge in [-0.3, -0.25) is 0 Å². The number of aryl methyl sites for hydroxylation is 1. The largest absolute Gasteiger partial charge is 0.388 e. The second kappa shape index (κ2) is 6.58. The number of hydrogen-bond donors (Lipinski definition) is 1. The Labute approximate surface area is 126 Å². The van der Waals surface area contributed by atoms with Crippen molar-refractivity contribution in [2.75, 3.05) is 37.0 Å². The summed E-state index contributed by atoms with van der Waals surface area (Å²) in [4.78, 5) is 13.1. The molecule has 0 aliphatic carbocycles. The van der Waals surface area contributed by atoms with Crippen molar-refractivity contribution in [1.29, 1.82) is 0 Å². The number of ether oxygens (including phenoxy) is 1. The SMILES string of the molecule is CCc1cc(N2C[C@@H](O)[C@H](OC(C)C)C2)nc(N(C)C)n1. The summed E-state index contributed by atoms with van der Waals surface area (Å²) in [5.41, 5.74) is 1.01. The number of β-amino-alcohol motifs (C(OH)–C–C–N with tert-alkyl or cyclic N) is 1. The maximum atomic E-state index is 10.2. The van der Waals surface area contributed by atoms with E-state index in [4.69, 9.17) is 4.74 Å². The molecule has 0 radical (unpaired) electrons. The van der Waals surface area contributed by atoms with Gasteiger partial charge in [-0.2, -0.15) is 4.98 Å². The van der Waals surface area contributed by atoms with E-state index >= 15 is 0 Å². The van der Waals surface area contributed by atoms with Gasteiger partial charge < -0.3 is 19.6 Å². The van der Waals surface area contributed by atoms with E-state index < -0.39 is 6.10 Å². The highest BCUT2D eigenvalue weighted by atomic mass is 16.5. The van der Waals surface area contributed by atoms with Gasteiger partial charge in [-0.05, 0) is 20.3 Å². The standard InChI is InChI=1S/C15H26N4O2/c1-6-11-7-14(17-15(16-11)18(4)5)19-8-12(20)13(9-19)21-10(2)3/h7,10,12-13,20H,6,8-9H2,1-5H3/t12-,13-/m1/s1. The number of rotatable bonds is 5. The van der Waals surface area contributed by atoms with Crippen LogP contribution in [0, 0.1) is 0 Å². The summed E-state index contributed by atoms with van der Waals surface area (Å²) in [7, 11) is 3.87. The van der Waals surface area contributed by atoms with Gasteiger partial charge in [-0.1, -0.05) is 6.92 Å². The molecule has 0 spiro atoms. The van der Waals surface area contributed by atoms with Crippen molar-refractivity contribution in [3.05, 3.63) is 11.8 Å². The van der Waals surface area contributed by atoms with Crippen LogP contribution in [0.5, 0.6) is 0 Å². The second-order valence-electron chi connectivity index (χ2n) is 5.96. The van der Waals surface area contributed by atoms with Crippen LogP contribution < -0.4 is 9.80 Å². The predicted octanol–water partition coefficient (Wildman–Crippen LogP) is 1.08. The molecule has 1 aromatic heterocycles. The van der Waals surface area contributed by atoms with Crippen LogP contribution in [0.2, 0.25) is 0 Å². The molecule has 2 atom stereocenters. The lowest BCUT2D eigenvalue weighted by atomic mass is 10.2. The lowest BCUT2D eigenvalue weighted by molar-refractivity contribution is -0.0386. The van der Waals surface area contributed by atoms with E-state index in [9.17, 15) is 5.11 Å². The molecular weight excluding hydrogens is 268 g/mol. The molecule has 2 heterocycles. The third-order valence-electron chi connectivity index (χ3n) is 3.52. The zero-order valence-corrected chi connectivity index (χ0v) is 13.6. The van der Waals surface area contributed by atoms with Crippen molar-refractivity contribution in [2.24, 2.45) is 0 Å². The molecule has 6 nitrogen and oxygen atoms in total. The molecular formula is C15H26N4O2. The number of anilines is 2. The van der Waals surface area contributed by atoms with Crippen LogP contribution in [0.25, 0.3) is 0 Å². The van der Waals surface area contributed by atoms with Gasteiger partial charge in [0.15, 0.2) is 0 Å². The number of hydrogen-bond acceptors (Lipinski definition) is 6. The minimum atomic E-state index is -0.477. The average Bonchev–Trinajstić information content (AvgIpc) is 2.79. The van der Waals surface area contributed by atoms with Gasteiger partial charge in [0, 0.05) is 38.9 Å². The normalized spacial score (nSPS) is 22.1. The van der Waals surface area contributed by atoms with Crippen LogP contribution >= 0.6 is 0 Å². The Hall–Kier alpha value is -1.40. The Kier molecular flexibility index (Phi) is 5.00. The molecule has 1 aliphatic heterocycles. The number of aromatic nitrogens is 2. The fraction of sp³-hybridized carbons (Fsp3) is 0.733. The molecule has 0 bridgehead atoms. The smallest absolute Gasteiger partial charge is 0.227 e. The van der Waals surface area contributed by atoms with E-state index in [1.165, 1.54) is 0 Å². The minimum absolute atomic E-state index is 0.110. The molecule has 118 valence electrons. The summed E-state index contributed by atoms with van der Waals surface area (Å²) < 4.78 is 5.76. The van der Waals surface area contributed by atoms with Crippen LogP contribution in [-0.4, -0.2) is 60.6 Å². The molecule has 0 unspecified atom stereocenters. The van der Waals surface area contributed by atoms with Gasteiger partial charge in [0.2, 0.25) is 5.95 Å². The van der Waals surface area contributed by atoms with Gasteiger partial charge in [0.05, 0.1) is 12.2 Å². The topological polar surface area (TPSA) is 61.7 Å². The van der Waals surface area contributed by atoms with Gasteiger partial charge in [0.25, 0.3) is 0 Å². The number of aliphatic hydroxyl groups is 1. The van der Waals surface area contributed by atoms with E-state index in [1.807, 2.05) is 38.9 Å². The van der Waals surface area contributed by atoms with E-state index in [0.717, 1.165) is 17.9 Å². The van der Waals surface area contributed by atoms with Crippen LogP contribution in [0.15, 0.2) is 6.07 Å². The second-order valence-corrected chi connectivity index (χ2v) is 5.96. The first kappa shape index (κ1) is 16.0. The van der Waals surface area contributed by atoms with Crippen LogP contribution in [0.4, 0.5) is 11.8 Å². The Morgan fingerprint density at radius 1 is 1.38 bits per heavy atom. The molecule has 1 aliphatic rings. The summed E-state index contributed by atoms with van der Waals surface area (Å²) in [6.45, 7) is 7.25. The Morgan fingerprint density at radius 3 is 2.67 bits per heavy atom. The monoisotopic (exact) mass is 294 g/mol. The van der Waals surface area contributed by atoms with Crippen molar-refractivity contribution in [1.82, 2.24) is 9.97 Å². The maximum absolute atomic E-state index is 10.2. The molecule has 0 saturated carbocycles. The van der Waals surface area contributed by atoms with Crippen LogP contribution in [0.1, 0.15) is 26.5 Å². The van der Waals surface area contributed by atoms with Crippen molar-refractivity contribution >= 4 is 11.8 Å². The predicted molar refractivity (Wildman–Crippen MR) is 84.0 cm³/mol. The van der Waals surface area contributed by atoms with Crippen molar-refractivity contribution in [3.63, 3.8) is 0 Å². The first-order chi connectivity index (χ1) is 9.90. The number of aliphatic hydroxyl groups excluding tert-OH is 1. The molecule has 1 saturated heterocycles. The van der Waals surface area contributed by atoms with E-state index in [2.05, 4.69) is 21.8 Å². The van der Waals surface area contributed by atoms with Crippen molar-refractivity contribution in [2.45, 2.75) is 45.5 Å². The third-order valence-corrected chi connectivity index (χ3v) is 3.52.